The number of epoxide rings is 1. The maximum Gasteiger partial charge on any atom is 0.146 e. The molecule has 0 spiro atoms. The molecule has 0 amide bonds. The lowest BCUT2D eigenvalue weighted by molar-refractivity contribution is 0.263. The Morgan fingerprint density at radius 2 is 1.56 bits per heavy atom. The third kappa shape index (κ3) is 3.95. The largest absolute Gasteiger partial charge is 0.505 e. The summed E-state index contributed by atoms with van der Waals surface area (Å²) < 4.78 is 13.7. The van der Waals surface area contributed by atoms with Crippen molar-refractivity contribution in [2.75, 3.05) is 13.2 Å². The SMILES string of the molecule is CC(C)(c1ccc(OCC2CO2)cc1)c1c(Br)c(Br)c(O)c(Br)c1Br. The number of ether oxygens (including phenoxy) is 2. The minimum Gasteiger partial charge on any atom is -0.505 e. The lowest BCUT2D eigenvalue weighted by Gasteiger charge is -2.30. The van der Waals surface area contributed by atoms with Gasteiger partial charge in [0.1, 0.15) is 24.2 Å². The molecular formula is C18H16Br4O3. The molecule has 1 N–H and O–H groups in total. The lowest BCUT2D eigenvalue weighted by Crippen LogP contribution is -2.21. The van der Waals surface area contributed by atoms with Crippen molar-refractivity contribution in [1.82, 2.24) is 0 Å². The van der Waals surface area contributed by atoms with Crippen molar-refractivity contribution in [2.24, 2.45) is 0 Å². The average Bonchev–Trinajstić information content (AvgIpc) is 3.41. The zero-order valence-electron chi connectivity index (χ0n) is 13.6. The van der Waals surface area contributed by atoms with E-state index in [1.807, 2.05) is 12.1 Å². The molecule has 0 bridgehead atoms. The summed E-state index contributed by atoms with van der Waals surface area (Å²) in [6, 6.07) is 8.09. The molecule has 1 aliphatic rings. The Kier molecular flexibility index (Phi) is 5.91. The summed E-state index contributed by atoms with van der Waals surface area (Å²) in [6.45, 7) is 5.67. The number of hydrogen-bond donors (Lipinski definition) is 1. The van der Waals surface area contributed by atoms with E-state index in [1.165, 1.54) is 0 Å². The van der Waals surface area contributed by atoms with Gasteiger partial charge < -0.3 is 14.6 Å². The van der Waals surface area contributed by atoms with Crippen LogP contribution in [0.3, 0.4) is 0 Å². The van der Waals surface area contributed by atoms with Crippen molar-refractivity contribution in [1.29, 1.82) is 0 Å². The fourth-order valence-corrected chi connectivity index (χ4v) is 5.72. The second kappa shape index (κ2) is 7.50. The number of phenolic OH excluding ortho intramolecular Hbond substituents is 1. The highest BCUT2D eigenvalue weighted by molar-refractivity contribution is 9.14. The first kappa shape index (κ1) is 19.7. The molecule has 0 radical (unpaired) electrons. The monoisotopic (exact) mass is 596 g/mol. The fourth-order valence-electron chi connectivity index (χ4n) is 2.63. The van der Waals surface area contributed by atoms with Crippen LogP contribution in [0, 0.1) is 0 Å². The van der Waals surface area contributed by atoms with E-state index in [-0.39, 0.29) is 17.3 Å². The second-order valence-electron chi connectivity index (χ2n) is 6.40. The van der Waals surface area contributed by atoms with Crippen LogP contribution in [0.25, 0.3) is 0 Å². The van der Waals surface area contributed by atoms with E-state index >= 15 is 0 Å². The van der Waals surface area contributed by atoms with E-state index in [2.05, 4.69) is 89.7 Å². The Morgan fingerprint density at radius 1 is 1.04 bits per heavy atom. The van der Waals surface area contributed by atoms with Gasteiger partial charge in [-0.3, -0.25) is 0 Å². The van der Waals surface area contributed by atoms with Crippen LogP contribution < -0.4 is 4.74 Å². The molecule has 0 aliphatic carbocycles. The van der Waals surface area contributed by atoms with E-state index in [4.69, 9.17) is 9.47 Å². The Balaban J connectivity index is 1.95. The number of halogens is 4. The molecule has 134 valence electrons. The van der Waals surface area contributed by atoms with Gasteiger partial charge in [0.15, 0.2) is 0 Å². The first-order valence-electron chi connectivity index (χ1n) is 7.63. The zero-order valence-corrected chi connectivity index (χ0v) is 19.9. The van der Waals surface area contributed by atoms with Gasteiger partial charge in [-0.25, -0.2) is 0 Å². The topological polar surface area (TPSA) is 42.0 Å². The number of aromatic hydroxyl groups is 1. The number of phenols is 1. The predicted molar refractivity (Wildman–Crippen MR) is 113 cm³/mol. The third-order valence-electron chi connectivity index (χ3n) is 4.28. The normalized spacial score (nSPS) is 16.8. The average molecular weight is 600 g/mol. The van der Waals surface area contributed by atoms with Crippen molar-refractivity contribution >= 4 is 63.7 Å². The van der Waals surface area contributed by atoms with Gasteiger partial charge in [0, 0.05) is 14.4 Å². The minimum absolute atomic E-state index is 0.157. The maximum atomic E-state index is 10.2. The van der Waals surface area contributed by atoms with E-state index in [1.54, 1.807) is 0 Å². The molecule has 0 saturated carbocycles. The van der Waals surface area contributed by atoms with Gasteiger partial charge in [-0.05, 0) is 87.0 Å². The van der Waals surface area contributed by atoms with Crippen LogP contribution in [0.15, 0.2) is 42.2 Å². The summed E-state index contributed by atoms with van der Waals surface area (Å²) in [4.78, 5) is 0. The standard InChI is InChI=1S/C18H16Br4O3/c1-18(2,12-13(19)15(21)17(23)16(22)14(12)20)9-3-5-10(6-4-9)24-7-11-8-25-11/h3-6,11,23H,7-8H2,1-2H3. The van der Waals surface area contributed by atoms with Crippen molar-refractivity contribution < 1.29 is 14.6 Å². The van der Waals surface area contributed by atoms with Gasteiger partial charge in [-0.15, -0.1) is 0 Å². The Labute approximate surface area is 180 Å². The molecule has 1 fully saturated rings. The quantitative estimate of drug-likeness (QED) is 0.313. The van der Waals surface area contributed by atoms with Gasteiger partial charge in [0.25, 0.3) is 0 Å². The molecule has 1 atom stereocenters. The van der Waals surface area contributed by atoms with Gasteiger partial charge in [-0.2, -0.15) is 0 Å². The molecule has 3 nitrogen and oxygen atoms in total. The van der Waals surface area contributed by atoms with Crippen LogP contribution in [-0.2, 0) is 10.2 Å². The van der Waals surface area contributed by atoms with Crippen molar-refractivity contribution in [3.63, 3.8) is 0 Å². The molecule has 0 aromatic heterocycles. The van der Waals surface area contributed by atoms with Crippen molar-refractivity contribution in [3.05, 3.63) is 53.3 Å². The summed E-state index contributed by atoms with van der Waals surface area (Å²) in [5.41, 5.74) is 1.85. The molecule has 25 heavy (non-hydrogen) atoms. The summed E-state index contributed by atoms with van der Waals surface area (Å²) in [6.07, 6.45) is 0.245. The van der Waals surface area contributed by atoms with Gasteiger partial charge in [0.05, 0.1) is 15.6 Å². The van der Waals surface area contributed by atoms with Crippen LogP contribution in [0.2, 0.25) is 0 Å². The van der Waals surface area contributed by atoms with Crippen LogP contribution in [0.1, 0.15) is 25.0 Å². The molecule has 1 heterocycles. The zero-order chi connectivity index (χ0) is 18.4. The highest BCUT2D eigenvalue weighted by atomic mass is 79.9. The van der Waals surface area contributed by atoms with Crippen LogP contribution in [0.4, 0.5) is 0 Å². The summed E-state index contributed by atoms with van der Waals surface area (Å²) >= 11 is 14.1. The third-order valence-corrected chi connectivity index (χ3v) is 8.47. The second-order valence-corrected chi connectivity index (χ2v) is 9.57. The highest BCUT2D eigenvalue weighted by Gasteiger charge is 2.32. The van der Waals surface area contributed by atoms with Crippen LogP contribution in [-0.4, -0.2) is 24.4 Å². The van der Waals surface area contributed by atoms with Gasteiger partial charge >= 0.3 is 0 Å². The predicted octanol–water partition coefficient (Wildman–Crippen LogP) is 6.55. The van der Waals surface area contributed by atoms with Gasteiger partial charge in [-0.1, -0.05) is 26.0 Å². The van der Waals surface area contributed by atoms with E-state index < -0.39 is 0 Å². The Morgan fingerprint density at radius 3 is 2.04 bits per heavy atom. The number of rotatable bonds is 5. The highest BCUT2D eigenvalue weighted by Crippen LogP contribution is 2.51. The first-order chi connectivity index (χ1) is 11.7. The molecule has 1 aliphatic heterocycles. The summed E-state index contributed by atoms with van der Waals surface area (Å²) in [5, 5.41) is 10.2. The fraction of sp³-hybridized carbons (Fsp3) is 0.333. The Bertz CT molecular complexity index is 770. The molecule has 1 unspecified atom stereocenters. The number of hydrogen-bond acceptors (Lipinski definition) is 3. The first-order valence-corrected chi connectivity index (χ1v) is 10.8. The van der Waals surface area contributed by atoms with E-state index in [0.717, 1.165) is 32.4 Å². The molecule has 7 heteroatoms. The smallest absolute Gasteiger partial charge is 0.146 e. The Hall–Kier alpha value is -0.0800. The van der Waals surface area contributed by atoms with Crippen molar-refractivity contribution in [2.45, 2.75) is 25.4 Å². The summed E-state index contributed by atoms with van der Waals surface area (Å²) in [5.74, 6) is 0.991. The maximum absolute atomic E-state index is 10.2. The molecular weight excluding hydrogens is 584 g/mol. The van der Waals surface area contributed by atoms with E-state index in [0.29, 0.717) is 15.6 Å². The molecule has 3 rings (SSSR count). The summed E-state index contributed by atoms with van der Waals surface area (Å²) in [7, 11) is 0. The molecule has 2 aromatic carbocycles. The number of benzene rings is 2. The van der Waals surface area contributed by atoms with Crippen LogP contribution >= 0.6 is 63.7 Å². The van der Waals surface area contributed by atoms with Crippen LogP contribution in [0.5, 0.6) is 11.5 Å². The van der Waals surface area contributed by atoms with Crippen molar-refractivity contribution in [3.8, 4) is 11.5 Å². The molecule has 2 aromatic rings. The minimum atomic E-state index is -0.311. The van der Waals surface area contributed by atoms with Gasteiger partial charge in [0.2, 0.25) is 0 Å². The molecule has 1 saturated heterocycles. The lowest BCUT2D eigenvalue weighted by atomic mass is 9.78. The van der Waals surface area contributed by atoms with E-state index in [9.17, 15) is 5.11 Å².